The van der Waals surface area contributed by atoms with Gasteiger partial charge in [-0.1, -0.05) is 65.9 Å². The van der Waals surface area contributed by atoms with Crippen LogP contribution in [-0.4, -0.2) is 58.1 Å². The first-order valence-electron chi connectivity index (χ1n) is 12.8. The van der Waals surface area contributed by atoms with Gasteiger partial charge < -0.3 is 19.7 Å². The normalized spacial score (nSPS) is 15.8. The van der Waals surface area contributed by atoms with E-state index in [1.807, 2.05) is 78.9 Å². The van der Waals surface area contributed by atoms with Crippen LogP contribution in [0.3, 0.4) is 0 Å². The fourth-order valence-electron chi connectivity index (χ4n) is 4.82. The zero-order valence-corrected chi connectivity index (χ0v) is 21.3. The molecular formula is C29H31N5O4. The number of aromatic nitrogens is 3. The lowest BCUT2D eigenvalue weighted by atomic mass is 10.0. The van der Waals surface area contributed by atoms with Gasteiger partial charge in [-0.05, 0) is 36.6 Å². The summed E-state index contributed by atoms with van der Waals surface area (Å²) in [4.78, 5) is 29.4. The van der Waals surface area contributed by atoms with E-state index in [9.17, 15) is 9.59 Å². The molecule has 196 valence electrons. The minimum Gasteiger partial charge on any atom is -0.496 e. The van der Waals surface area contributed by atoms with Gasteiger partial charge in [-0.25, -0.2) is 4.68 Å². The van der Waals surface area contributed by atoms with Crippen molar-refractivity contribution in [2.75, 3.05) is 20.3 Å². The summed E-state index contributed by atoms with van der Waals surface area (Å²) in [7, 11) is 1.59. The number of hydrogen-bond acceptors (Lipinski definition) is 6. The van der Waals surface area contributed by atoms with Crippen molar-refractivity contribution in [1.29, 1.82) is 0 Å². The van der Waals surface area contributed by atoms with E-state index in [4.69, 9.17) is 9.47 Å². The third-order valence-electron chi connectivity index (χ3n) is 6.76. The van der Waals surface area contributed by atoms with E-state index < -0.39 is 6.04 Å². The summed E-state index contributed by atoms with van der Waals surface area (Å²) >= 11 is 0. The fourth-order valence-corrected chi connectivity index (χ4v) is 4.82. The summed E-state index contributed by atoms with van der Waals surface area (Å²) in [6.07, 6.45) is 1.86. The Morgan fingerprint density at radius 2 is 1.84 bits per heavy atom. The zero-order chi connectivity index (χ0) is 26.3. The monoisotopic (exact) mass is 513 g/mol. The van der Waals surface area contributed by atoms with Gasteiger partial charge in [0.2, 0.25) is 11.8 Å². The molecule has 38 heavy (non-hydrogen) atoms. The number of carbonyl (C=O) groups excluding carboxylic acids is 2. The Labute approximate surface area is 221 Å². The molecule has 3 aromatic carbocycles. The number of amides is 2. The van der Waals surface area contributed by atoms with Crippen molar-refractivity contribution in [1.82, 2.24) is 25.2 Å². The van der Waals surface area contributed by atoms with Crippen LogP contribution >= 0.6 is 0 Å². The van der Waals surface area contributed by atoms with Crippen molar-refractivity contribution in [3.8, 4) is 5.75 Å². The second kappa shape index (κ2) is 11.9. The lowest BCUT2D eigenvalue weighted by molar-refractivity contribution is -0.142. The summed E-state index contributed by atoms with van der Waals surface area (Å²) in [5.41, 5.74) is 2.95. The first-order valence-corrected chi connectivity index (χ1v) is 12.8. The van der Waals surface area contributed by atoms with Crippen molar-refractivity contribution in [2.45, 2.75) is 38.1 Å². The molecule has 0 radical (unpaired) electrons. The molecule has 0 unspecified atom stereocenters. The molecule has 0 spiro atoms. The van der Waals surface area contributed by atoms with Crippen LogP contribution < -0.4 is 10.1 Å². The average Bonchev–Trinajstić information content (AvgIpc) is 3.63. The molecule has 9 heteroatoms. The van der Waals surface area contributed by atoms with Crippen molar-refractivity contribution < 1.29 is 19.1 Å². The molecule has 1 N–H and O–H groups in total. The van der Waals surface area contributed by atoms with Crippen LogP contribution in [0.4, 0.5) is 0 Å². The molecule has 1 aliphatic rings. The highest BCUT2D eigenvalue weighted by Gasteiger charge is 2.33. The number of carbonyl (C=O) groups is 2. The number of nitrogens with zero attached hydrogens (tertiary/aromatic N) is 4. The topological polar surface area (TPSA) is 98.6 Å². The minimum atomic E-state index is -0.871. The maximum Gasteiger partial charge on any atom is 0.247 e. The molecule has 2 atom stereocenters. The number of ether oxygens (including phenoxy) is 2. The van der Waals surface area contributed by atoms with Crippen molar-refractivity contribution in [3.63, 3.8) is 0 Å². The number of para-hydroxylation sites is 2. The van der Waals surface area contributed by atoms with Crippen LogP contribution in [0, 0.1) is 0 Å². The number of rotatable bonds is 10. The van der Waals surface area contributed by atoms with Gasteiger partial charge in [0.25, 0.3) is 0 Å². The van der Waals surface area contributed by atoms with Gasteiger partial charge in [0, 0.05) is 18.7 Å². The lowest BCUT2D eigenvalue weighted by Crippen LogP contribution is -2.46. The fraction of sp³-hybridized carbons (Fsp3) is 0.310. The molecular weight excluding hydrogens is 482 g/mol. The van der Waals surface area contributed by atoms with Gasteiger partial charge in [0.15, 0.2) is 0 Å². The van der Waals surface area contributed by atoms with Crippen LogP contribution in [-0.2, 0) is 27.4 Å². The van der Waals surface area contributed by atoms with Crippen LogP contribution in [0.2, 0.25) is 0 Å². The predicted octanol–water partition coefficient (Wildman–Crippen LogP) is 3.51. The first-order chi connectivity index (χ1) is 18.6. The van der Waals surface area contributed by atoms with Crippen LogP contribution in [0.25, 0.3) is 11.0 Å². The van der Waals surface area contributed by atoms with E-state index in [2.05, 4.69) is 15.6 Å². The number of hydrogen-bond donors (Lipinski definition) is 1. The Bertz CT molecular complexity index is 1380. The largest absolute Gasteiger partial charge is 0.496 e. The standard InChI is InChI=1S/C29H31N5O4/c1-37-26-16-8-5-12-22(26)19-33(27(35)20-34-25-15-7-6-14-24(25)31-32-34)28(21-10-3-2-4-11-21)29(36)30-18-23-13-9-17-38-23/h2-8,10-12,14-16,23,28H,9,13,17-20H2,1H3,(H,30,36)/t23-,28-/m0/s1. The second-order valence-corrected chi connectivity index (χ2v) is 9.26. The van der Waals surface area contributed by atoms with Crippen molar-refractivity contribution >= 4 is 22.8 Å². The van der Waals surface area contributed by atoms with Crippen molar-refractivity contribution in [2.24, 2.45) is 0 Å². The summed E-state index contributed by atoms with van der Waals surface area (Å²) in [5, 5.41) is 11.4. The molecule has 2 heterocycles. The molecule has 4 aromatic rings. The Kier molecular flexibility index (Phi) is 7.94. The molecule has 5 rings (SSSR count). The van der Waals surface area contributed by atoms with Gasteiger partial charge >= 0.3 is 0 Å². The Morgan fingerprint density at radius 3 is 2.63 bits per heavy atom. The zero-order valence-electron chi connectivity index (χ0n) is 21.3. The third kappa shape index (κ3) is 5.68. The summed E-state index contributed by atoms with van der Waals surface area (Å²) in [6.45, 7) is 1.19. The lowest BCUT2D eigenvalue weighted by Gasteiger charge is -2.32. The van der Waals surface area contributed by atoms with Gasteiger partial charge in [0.1, 0.15) is 23.9 Å². The quantitative estimate of drug-likeness (QED) is 0.349. The van der Waals surface area contributed by atoms with E-state index in [0.29, 0.717) is 30.0 Å². The highest BCUT2D eigenvalue weighted by Crippen LogP contribution is 2.28. The summed E-state index contributed by atoms with van der Waals surface area (Å²) in [5.74, 6) is 0.106. The minimum absolute atomic E-state index is 0.0183. The smallest absolute Gasteiger partial charge is 0.247 e. The van der Waals surface area contributed by atoms with Crippen LogP contribution in [0.5, 0.6) is 5.75 Å². The highest BCUT2D eigenvalue weighted by atomic mass is 16.5. The first kappa shape index (κ1) is 25.4. The van der Waals surface area contributed by atoms with E-state index in [-0.39, 0.29) is 31.0 Å². The van der Waals surface area contributed by atoms with Crippen molar-refractivity contribution in [3.05, 3.63) is 90.0 Å². The van der Waals surface area contributed by atoms with E-state index in [1.165, 1.54) is 0 Å². The number of nitrogens with one attached hydrogen (secondary N) is 1. The summed E-state index contributed by atoms with van der Waals surface area (Å²) < 4.78 is 12.8. The van der Waals surface area contributed by atoms with Gasteiger partial charge in [-0.2, -0.15) is 0 Å². The van der Waals surface area contributed by atoms with E-state index in [0.717, 1.165) is 23.9 Å². The molecule has 2 amide bonds. The predicted molar refractivity (Wildman–Crippen MR) is 142 cm³/mol. The molecule has 0 saturated carbocycles. The van der Waals surface area contributed by atoms with Crippen LogP contribution in [0.15, 0.2) is 78.9 Å². The molecule has 1 aromatic heterocycles. The van der Waals surface area contributed by atoms with Gasteiger partial charge in [-0.15, -0.1) is 5.10 Å². The molecule has 0 bridgehead atoms. The third-order valence-corrected chi connectivity index (χ3v) is 6.76. The van der Waals surface area contributed by atoms with Gasteiger partial charge in [-0.3, -0.25) is 9.59 Å². The summed E-state index contributed by atoms with van der Waals surface area (Å²) in [6, 6.07) is 23.5. The number of benzene rings is 3. The second-order valence-electron chi connectivity index (χ2n) is 9.26. The maximum absolute atomic E-state index is 14.0. The number of fused-ring (bicyclic) bond motifs is 1. The highest BCUT2D eigenvalue weighted by molar-refractivity contribution is 5.89. The molecule has 1 saturated heterocycles. The molecule has 9 nitrogen and oxygen atoms in total. The molecule has 1 aliphatic heterocycles. The molecule has 0 aliphatic carbocycles. The Morgan fingerprint density at radius 1 is 1.08 bits per heavy atom. The van der Waals surface area contributed by atoms with Gasteiger partial charge in [0.05, 0.1) is 25.3 Å². The SMILES string of the molecule is COc1ccccc1CN(C(=O)Cn1nnc2ccccc21)[C@H](C(=O)NC[C@@H]1CCCO1)c1ccccc1. The number of methoxy groups -OCH3 is 1. The van der Waals surface area contributed by atoms with Crippen LogP contribution in [0.1, 0.15) is 30.0 Å². The Hall–Kier alpha value is -4.24. The van der Waals surface area contributed by atoms with E-state index >= 15 is 0 Å². The Balaban J connectivity index is 1.50. The average molecular weight is 514 g/mol. The van der Waals surface area contributed by atoms with E-state index in [1.54, 1.807) is 16.7 Å². The maximum atomic E-state index is 14.0. The molecule has 1 fully saturated rings.